The Kier molecular flexibility index (Phi) is 8.11. The van der Waals surface area contributed by atoms with Crippen LogP contribution in [-0.2, 0) is 23.0 Å². The molecular formula is C28H29N5O3S2. The van der Waals surface area contributed by atoms with E-state index in [2.05, 4.69) is 32.5 Å². The Bertz CT molecular complexity index is 1480. The summed E-state index contributed by atoms with van der Waals surface area (Å²) < 4.78 is 28.5. The second-order valence-corrected chi connectivity index (χ2v) is 12.4. The van der Waals surface area contributed by atoms with Crippen LogP contribution in [0, 0.1) is 5.92 Å². The first-order chi connectivity index (χ1) is 18.4. The number of rotatable bonds is 10. The number of hydrogen-bond donors (Lipinski definition) is 1. The highest BCUT2D eigenvalue weighted by molar-refractivity contribution is 7.90. The number of aliphatic imine (C=N–C) groups is 2. The Morgan fingerprint density at radius 2 is 1.97 bits per heavy atom. The highest BCUT2D eigenvalue weighted by atomic mass is 32.2. The maximum Gasteiger partial charge on any atom is 0.148 e. The minimum absolute atomic E-state index is 0.0808. The molecule has 2 aliphatic rings. The highest BCUT2D eigenvalue weighted by Crippen LogP contribution is 2.31. The number of sulfone groups is 1. The van der Waals surface area contributed by atoms with Gasteiger partial charge in [0.15, 0.2) is 0 Å². The van der Waals surface area contributed by atoms with Crippen molar-refractivity contribution in [2.45, 2.75) is 13.2 Å². The van der Waals surface area contributed by atoms with Gasteiger partial charge in [0.1, 0.15) is 32.2 Å². The third-order valence-electron chi connectivity index (χ3n) is 6.00. The molecule has 0 amide bonds. The molecule has 10 heteroatoms. The monoisotopic (exact) mass is 547 g/mol. The van der Waals surface area contributed by atoms with Gasteiger partial charge in [-0.2, -0.15) is 0 Å². The SMILES string of the molecule is CS(=O)(=O)CCNCc1ncc(N2C=CC3C=NCC(=Nc4ccc(OCc5ccccc5)cc4)C3=C2)s1. The van der Waals surface area contributed by atoms with Crippen molar-refractivity contribution >= 4 is 43.8 Å². The first-order valence-electron chi connectivity index (χ1n) is 12.3. The summed E-state index contributed by atoms with van der Waals surface area (Å²) in [5.74, 6) is 0.994. The molecule has 1 atom stereocenters. The molecule has 3 heterocycles. The number of thiazole rings is 1. The number of aromatic nitrogens is 1. The van der Waals surface area contributed by atoms with E-state index in [1.807, 2.05) is 73.2 Å². The number of nitrogens with one attached hydrogen (secondary N) is 1. The van der Waals surface area contributed by atoms with Crippen molar-refractivity contribution in [3.8, 4) is 5.75 Å². The lowest BCUT2D eigenvalue weighted by Gasteiger charge is -2.27. The van der Waals surface area contributed by atoms with Crippen LogP contribution in [0.4, 0.5) is 10.7 Å². The minimum atomic E-state index is -2.98. The highest BCUT2D eigenvalue weighted by Gasteiger charge is 2.24. The Morgan fingerprint density at radius 1 is 1.16 bits per heavy atom. The van der Waals surface area contributed by atoms with Crippen LogP contribution in [0.2, 0.25) is 0 Å². The zero-order chi connectivity index (χ0) is 26.4. The first-order valence-corrected chi connectivity index (χ1v) is 15.2. The molecule has 0 fully saturated rings. The van der Waals surface area contributed by atoms with Crippen LogP contribution >= 0.6 is 11.3 Å². The van der Waals surface area contributed by atoms with Crippen molar-refractivity contribution in [1.82, 2.24) is 10.3 Å². The number of nitrogens with zero attached hydrogens (tertiary/aromatic N) is 4. The fraction of sp³-hybridized carbons (Fsp3) is 0.250. The summed E-state index contributed by atoms with van der Waals surface area (Å²) in [4.78, 5) is 16.0. The molecule has 3 aromatic rings. The molecule has 5 rings (SSSR count). The van der Waals surface area contributed by atoms with Gasteiger partial charge in [0.25, 0.3) is 0 Å². The standard InChI is InChI=1S/C28H29N5O3S2/c1-38(34,35)14-12-29-17-27-31-18-28(37-27)33-13-11-22-15-30-16-26(25(22)19-33)32-23-7-9-24(10-8-23)36-20-21-5-3-2-4-6-21/h2-11,13,15,18-19,22,29H,12,14,16-17,20H2,1H3. The smallest absolute Gasteiger partial charge is 0.148 e. The third-order valence-corrected chi connectivity index (χ3v) is 7.96. The average molecular weight is 548 g/mol. The van der Waals surface area contributed by atoms with E-state index < -0.39 is 9.84 Å². The largest absolute Gasteiger partial charge is 0.489 e. The molecule has 0 saturated heterocycles. The molecule has 0 radical (unpaired) electrons. The van der Waals surface area contributed by atoms with Crippen LogP contribution in [-0.4, -0.2) is 50.4 Å². The lowest BCUT2D eigenvalue weighted by atomic mass is 9.92. The van der Waals surface area contributed by atoms with Crippen molar-refractivity contribution < 1.29 is 13.2 Å². The Labute approximate surface area is 227 Å². The Balaban J connectivity index is 1.24. The molecular weight excluding hydrogens is 518 g/mol. The average Bonchev–Trinajstić information content (AvgIpc) is 3.40. The molecule has 2 aliphatic heterocycles. The quantitative estimate of drug-likeness (QED) is 0.374. The summed E-state index contributed by atoms with van der Waals surface area (Å²) >= 11 is 1.57. The van der Waals surface area contributed by atoms with E-state index in [4.69, 9.17) is 9.73 Å². The van der Waals surface area contributed by atoms with Gasteiger partial charge < -0.3 is 15.0 Å². The van der Waals surface area contributed by atoms with Gasteiger partial charge >= 0.3 is 0 Å². The molecule has 0 spiro atoms. The minimum Gasteiger partial charge on any atom is -0.489 e. The summed E-state index contributed by atoms with van der Waals surface area (Å²) in [6.07, 6.45) is 11.3. The van der Waals surface area contributed by atoms with E-state index in [1.54, 1.807) is 11.3 Å². The molecule has 0 bridgehead atoms. The molecule has 2 aromatic carbocycles. The van der Waals surface area contributed by atoms with Gasteiger partial charge in [0.2, 0.25) is 0 Å². The summed E-state index contributed by atoms with van der Waals surface area (Å²) in [6, 6.07) is 17.9. The predicted octanol–water partition coefficient (Wildman–Crippen LogP) is 4.55. The van der Waals surface area contributed by atoms with Crippen LogP contribution < -0.4 is 15.0 Å². The van der Waals surface area contributed by atoms with Crippen molar-refractivity contribution in [3.63, 3.8) is 0 Å². The van der Waals surface area contributed by atoms with Gasteiger partial charge in [0, 0.05) is 49.5 Å². The Hall–Kier alpha value is -3.60. The zero-order valence-electron chi connectivity index (χ0n) is 21.0. The molecule has 1 aromatic heterocycles. The fourth-order valence-corrected chi connectivity index (χ4v) is 5.37. The van der Waals surface area contributed by atoms with E-state index in [0.717, 1.165) is 38.3 Å². The summed E-state index contributed by atoms with van der Waals surface area (Å²) in [7, 11) is -2.98. The normalized spacial score (nSPS) is 17.9. The molecule has 1 unspecified atom stereocenters. The van der Waals surface area contributed by atoms with Gasteiger partial charge in [0.05, 0.1) is 29.9 Å². The molecule has 1 N–H and O–H groups in total. The third kappa shape index (κ3) is 7.03. The van der Waals surface area contributed by atoms with Crippen molar-refractivity contribution in [1.29, 1.82) is 0 Å². The van der Waals surface area contributed by atoms with Gasteiger partial charge in [-0.15, -0.1) is 0 Å². The molecule has 38 heavy (non-hydrogen) atoms. The lowest BCUT2D eigenvalue weighted by molar-refractivity contribution is 0.306. The van der Waals surface area contributed by atoms with Gasteiger partial charge in [-0.05, 0) is 29.8 Å². The maximum absolute atomic E-state index is 11.3. The second-order valence-electron chi connectivity index (χ2n) is 9.07. The van der Waals surface area contributed by atoms with Crippen molar-refractivity contribution in [2.24, 2.45) is 15.9 Å². The fourth-order valence-electron chi connectivity index (χ4n) is 4.01. The van der Waals surface area contributed by atoms with Gasteiger partial charge in [-0.25, -0.2) is 13.4 Å². The summed E-state index contributed by atoms with van der Waals surface area (Å²) in [5, 5.41) is 5.03. The maximum atomic E-state index is 11.3. The topological polar surface area (TPSA) is 96.2 Å². The van der Waals surface area contributed by atoms with E-state index in [1.165, 1.54) is 6.26 Å². The van der Waals surface area contributed by atoms with E-state index in [-0.39, 0.29) is 11.7 Å². The number of allylic oxidation sites excluding steroid dienone is 1. The number of fused-ring (bicyclic) bond motifs is 1. The van der Waals surface area contributed by atoms with Crippen LogP contribution in [0.15, 0.2) is 94.8 Å². The summed E-state index contributed by atoms with van der Waals surface area (Å²) in [6.45, 7) is 1.98. The van der Waals surface area contributed by atoms with Gasteiger partial charge in [-0.1, -0.05) is 47.7 Å². The number of anilines is 1. The number of ether oxygens (including phenoxy) is 1. The predicted molar refractivity (Wildman–Crippen MR) is 154 cm³/mol. The van der Waals surface area contributed by atoms with Crippen molar-refractivity contribution in [3.05, 3.63) is 95.4 Å². The lowest BCUT2D eigenvalue weighted by Crippen LogP contribution is -2.27. The number of benzene rings is 2. The van der Waals surface area contributed by atoms with Crippen molar-refractivity contribution in [2.75, 3.05) is 30.0 Å². The molecule has 196 valence electrons. The van der Waals surface area contributed by atoms with Crippen LogP contribution in [0.3, 0.4) is 0 Å². The second kappa shape index (κ2) is 11.8. The van der Waals surface area contributed by atoms with E-state index >= 15 is 0 Å². The molecule has 0 aliphatic carbocycles. The van der Waals surface area contributed by atoms with Crippen LogP contribution in [0.1, 0.15) is 10.6 Å². The van der Waals surface area contributed by atoms with E-state index in [9.17, 15) is 8.42 Å². The Morgan fingerprint density at radius 3 is 2.76 bits per heavy atom. The summed E-state index contributed by atoms with van der Waals surface area (Å²) in [5.41, 5.74) is 4.01. The molecule has 8 nitrogen and oxygen atoms in total. The number of hydrogen-bond acceptors (Lipinski definition) is 9. The first kappa shape index (κ1) is 26.0. The molecule has 0 saturated carbocycles. The van der Waals surface area contributed by atoms with E-state index in [0.29, 0.717) is 26.2 Å². The van der Waals surface area contributed by atoms with Crippen LogP contribution in [0.25, 0.3) is 0 Å². The van der Waals surface area contributed by atoms with Crippen LogP contribution in [0.5, 0.6) is 5.75 Å². The van der Waals surface area contributed by atoms with Gasteiger partial charge in [-0.3, -0.25) is 9.98 Å². The zero-order valence-corrected chi connectivity index (χ0v) is 22.7.